The molecule has 5 nitrogen and oxygen atoms in total. The smallest absolute Gasteiger partial charge is 0.303 e. The predicted molar refractivity (Wildman–Crippen MR) is 106 cm³/mol. The van der Waals surface area contributed by atoms with Crippen LogP contribution in [0.3, 0.4) is 0 Å². The normalized spacial score (nSPS) is 11.1. The summed E-state index contributed by atoms with van der Waals surface area (Å²) in [5.74, 6) is -0.309. The summed E-state index contributed by atoms with van der Waals surface area (Å²) in [5, 5.41) is 10.0. The van der Waals surface area contributed by atoms with Crippen molar-refractivity contribution in [1.82, 2.24) is 14.5 Å². The number of aliphatic carboxylic acids is 1. The van der Waals surface area contributed by atoms with Gasteiger partial charge in [-0.05, 0) is 36.2 Å². The second-order valence-corrected chi connectivity index (χ2v) is 7.80. The molecule has 0 saturated carbocycles. The number of pyridine rings is 1. The number of hydrogen-bond donors (Lipinski definition) is 1. The number of imidazole rings is 1. The van der Waals surface area contributed by atoms with Crippen LogP contribution < -0.4 is 0 Å². The summed E-state index contributed by atoms with van der Waals surface area (Å²) in [6.07, 6.45) is 2.05. The fourth-order valence-corrected chi connectivity index (χ4v) is 4.06. The number of halogens is 1. The maximum atomic E-state index is 13.7. The van der Waals surface area contributed by atoms with Gasteiger partial charge in [-0.1, -0.05) is 37.7 Å². The zero-order chi connectivity index (χ0) is 20.1. The van der Waals surface area contributed by atoms with E-state index in [1.165, 1.54) is 23.9 Å². The Bertz CT molecular complexity index is 958. The summed E-state index contributed by atoms with van der Waals surface area (Å²) in [6.45, 7) is 4.57. The molecule has 2 heterocycles. The first kappa shape index (κ1) is 20.1. The zero-order valence-corrected chi connectivity index (χ0v) is 16.6. The standard InChI is InChI=1S/C21H22FN3O2S/c1-14(2)20-21(28-17-8-5-6-15(22)12-17)25(13-16-7-3-4-11-23-16)18(24-20)9-10-19(26)27/h3-8,11-12,14H,9-10,13H2,1-2H3,(H,26,27). The molecule has 7 heteroatoms. The lowest BCUT2D eigenvalue weighted by atomic mass is 10.1. The van der Waals surface area contributed by atoms with Gasteiger partial charge in [0.25, 0.3) is 0 Å². The molecule has 0 aliphatic heterocycles. The summed E-state index contributed by atoms with van der Waals surface area (Å²) in [6, 6.07) is 12.1. The van der Waals surface area contributed by atoms with Crippen LogP contribution in [-0.2, 0) is 17.8 Å². The van der Waals surface area contributed by atoms with Crippen LogP contribution in [0.2, 0.25) is 0 Å². The van der Waals surface area contributed by atoms with E-state index in [1.54, 1.807) is 12.3 Å². The second-order valence-electron chi connectivity index (χ2n) is 6.73. The average molecular weight is 399 g/mol. The van der Waals surface area contributed by atoms with Gasteiger partial charge in [0.2, 0.25) is 0 Å². The quantitative estimate of drug-likeness (QED) is 0.592. The molecule has 0 spiro atoms. The van der Waals surface area contributed by atoms with Crippen molar-refractivity contribution in [2.75, 3.05) is 0 Å². The van der Waals surface area contributed by atoms with Gasteiger partial charge in [-0.3, -0.25) is 9.78 Å². The molecule has 28 heavy (non-hydrogen) atoms. The largest absolute Gasteiger partial charge is 0.481 e. The maximum Gasteiger partial charge on any atom is 0.303 e. The van der Waals surface area contributed by atoms with Crippen LogP contribution >= 0.6 is 11.8 Å². The molecule has 0 unspecified atom stereocenters. The summed E-state index contributed by atoms with van der Waals surface area (Å²) >= 11 is 1.44. The lowest BCUT2D eigenvalue weighted by Gasteiger charge is -2.13. The highest BCUT2D eigenvalue weighted by molar-refractivity contribution is 7.99. The zero-order valence-electron chi connectivity index (χ0n) is 15.8. The van der Waals surface area contributed by atoms with Crippen molar-refractivity contribution in [2.45, 2.75) is 49.1 Å². The fraction of sp³-hybridized carbons (Fsp3) is 0.286. The molecule has 3 aromatic rings. The Hall–Kier alpha value is -2.67. The van der Waals surface area contributed by atoms with E-state index in [2.05, 4.69) is 4.98 Å². The molecule has 0 amide bonds. The minimum absolute atomic E-state index is 0.000832. The van der Waals surface area contributed by atoms with E-state index in [4.69, 9.17) is 10.1 Å². The van der Waals surface area contributed by atoms with Gasteiger partial charge in [-0.2, -0.15) is 0 Å². The Balaban J connectivity index is 2.06. The SMILES string of the molecule is CC(C)c1nc(CCC(=O)O)n(Cc2ccccn2)c1Sc1cccc(F)c1. The number of carbonyl (C=O) groups is 1. The minimum Gasteiger partial charge on any atom is -0.481 e. The number of aryl methyl sites for hydroxylation is 1. The van der Waals surface area contributed by atoms with E-state index < -0.39 is 5.97 Å². The molecule has 1 aromatic carbocycles. The molecule has 0 radical (unpaired) electrons. The van der Waals surface area contributed by atoms with Crippen LogP contribution in [0.1, 0.15) is 43.4 Å². The molecule has 0 fully saturated rings. The summed E-state index contributed by atoms with van der Waals surface area (Å²) in [4.78, 5) is 21.0. The van der Waals surface area contributed by atoms with Gasteiger partial charge in [-0.25, -0.2) is 9.37 Å². The number of benzene rings is 1. The van der Waals surface area contributed by atoms with Gasteiger partial charge in [0.15, 0.2) is 0 Å². The Morgan fingerprint density at radius 1 is 1.25 bits per heavy atom. The van der Waals surface area contributed by atoms with E-state index in [9.17, 15) is 9.18 Å². The first-order valence-electron chi connectivity index (χ1n) is 9.08. The van der Waals surface area contributed by atoms with Gasteiger partial charge in [0, 0.05) is 17.5 Å². The van der Waals surface area contributed by atoms with Gasteiger partial charge < -0.3 is 9.67 Å². The minimum atomic E-state index is -0.863. The highest BCUT2D eigenvalue weighted by Crippen LogP contribution is 2.35. The van der Waals surface area contributed by atoms with Crippen molar-refractivity contribution in [3.8, 4) is 0 Å². The molecular formula is C21H22FN3O2S. The van der Waals surface area contributed by atoms with Crippen LogP contribution in [0, 0.1) is 5.82 Å². The number of nitrogens with zero attached hydrogens (tertiary/aromatic N) is 3. The lowest BCUT2D eigenvalue weighted by molar-refractivity contribution is -0.137. The van der Waals surface area contributed by atoms with Crippen molar-refractivity contribution in [1.29, 1.82) is 0 Å². The molecule has 0 aliphatic rings. The molecule has 146 valence electrons. The third kappa shape index (κ3) is 4.98. The first-order chi connectivity index (χ1) is 13.4. The highest BCUT2D eigenvalue weighted by atomic mass is 32.2. The van der Waals surface area contributed by atoms with Crippen molar-refractivity contribution in [2.24, 2.45) is 0 Å². The van der Waals surface area contributed by atoms with E-state index >= 15 is 0 Å². The molecular weight excluding hydrogens is 377 g/mol. The van der Waals surface area contributed by atoms with Crippen molar-refractivity contribution >= 4 is 17.7 Å². The van der Waals surface area contributed by atoms with Crippen LogP contribution in [0.5, 0.6) is 0 Å². The Labute approximate surface area is 167 Å². The third-order valence-corrected chi connectivity index (χ3v) is 5.30. The van der Waals surface area contributed by atoms with Crippen molar-refractivity contribution in [3.05, 3.63) is 71.7 Å². The Kier molecular flexibility index (Phi) is 6.46. The third-order valence-electron chi connectivity index (χ3n) is 4.19. The number of carboxylic acid groups (broad SMARTS) is 1. The van der Waals surface area contributed by atoms with Crippen molar-refractivity contribution in [3.63, 3.8) is 0 Å². The van der Waals surface area contributed by atoms with E-state index in [1.807, 2.05) is 42.7 Å². The Morgan fingerprint density at radius 2 is 2.07 bits per heavy atom. The van der Waals surface area contributed by atoms with E-state index in [0.29, 0.717) is 18.8 Å². The molecule has 0 bridgehead atoms. The number of carboxylic acids is 1. The lowest BCUT2D eigenvalue weighted by Crippen LogP contribution is -2.09. The molecule has 0 aliphatic carbocycles. The number of hydrogen-bond acceptors (Lipinski definition) is 4. The molecule has 0 atom stereocenters. The second kappa shape index (κ2) is 9.01. The molecule has 2 aromatic heterocycles. The van der Waals surface area contributed by atoms with Gasteiger partial charge in [0.1, 0.15) is 16.7 Å². The highest BCUT2D eigenvalue weighted by Gasteiger charge is 2.21. The van der Waals surface area contributed by atoms with Crippen LogP contribution in [-0.4, -0.2) is 25.6 Å². The van der Waals surface area contributed by atoms with Gasteiger partial charge >= 0.3 is 5.97 Å². The summed E-state index contributed by atoms with van der Waals surface area (Å²) < 4.78 is 15.7. The maximum absolute atomic E-state index is 13.7. The van der Waals surface area contributed by atoms with Crippen LogP contribution in [0.25, 0.3) is 0 Å². The van der Waals surface area contributed by atoms with Crippen LogP contribution in [0.4, 0.5) is 4.39 Å². The molecule has 0 saturated heterocycles. The number of rotatable bonds is 8. The average Bonchev–Trinajstić information content (AvgIpc) is 2.98. The molecule has 3 rings (SSSR count). The van der Waals surface area contributed by atoms with Gasteiger partial charge in [0.05, 0.1) is 24.4 Å². The van der Waals surface area contributed by atoms with Crippen molar-refractivity contribution < 1.29 is 14.3 Å². The number of aromatic nitrogens is 3. The topological polar surface area (TPSA) is 68.0 Å². The van der Waals surface area contributed by atoms with Crippen LogP contribution in [0.15, 0.2) is 58.6 Å². The van der Waals surface area contributed by atoms with Gasteiger partial charge in [-0.15, -0.1) is 0 Å². The van der Waals surface area contributed by atoms with E-state index in [0.717, 1.165) is 21.3 Å². The molecule has 1 N–H and O–H groups in total. The first-order valence-corrected chi connectivity index (χ1v) is 9.90. The predicted octanol–water partition coefficient (Wildman–Crippen LogP) is 4.76. The summed E-state index contributed by atoms with van der Waals surface area (Å²) in [5.41, 5.74) is 1.73. The Morgan fingerprint density at radius 3 is 2.71 bits per heavy atom. The summed E-state index contributed by atoms with van der Waals surface area (Å²) in [7, 11) is 0. The monoisotopic (exact) mass is 399 g/mol. The fourth-order valence-electron chi connectivity index (χ4n) is 2.85. The van der Waals surface area contributed by atoms with E-state index in [-0.39, 0.29) is 18.2 Å².